The van der Waals surface area contributed by atoms with E-state index in [2.05, 4.69) is 4.98 Å². The molecule has 2 heterocycles. The number of piperidine rings is 1. The second kappa shape index (κ2) is 5.97. The van der Waals surface area contributed by atoms with E-state index < -0.39 is 15.6 Å². The predicted octanol–water partition coefficient (Wildman–Crippen LogP) is 2.01. The Labute approximate surface area is 125 Å². The maximum atomic E-state index is 12.6. The maximum absolute atomic E-state index is 12.6. The number of methoxy groups -OCH3 is 1. The minimum atomic E-state index is -3.57. The molecule has 1 aliphatic rings. The van der Waals surface area contributed by atoms with Crippen molar-refractivity contribution in [3.05, 3.63) is 23.9 Å². The van der Waals surface area contributed by atoms with Crippen LogP contribution in [0, 0.1) is 0 Å². The molecule has 1 atom stereocenters. The van der Waals surface area contributed by atoms with Crippen LogP contribution in [-0.2, 0) is 20.6 Å². The van der Waals surface area contributed by atoms with Gasteiger partial charge in [0.1, 0.15) is 0 Å². The van der Waals surface area contributed by atoms with Gasteiger partial charge in [-0.05, 0) is 31.4 Å². The Balaban J connectivity index is 2.25. The van der Waals surface area contributed by atoms with Gasteiger partial charge in [0.25, 0.3) is 10.0 Å². The van der Waals surface area contributed by atoms with Gasteiger partial charge in [-0.2, -0.15) is 4.31 Å². The summed E-state index contributed by atoms with van der Waals surface area (Å²) in [5.41, 5.74) is 0.368. The highest BCUT2D eigenvalue weighted by Crippen LogP contribution is 2.27. The van der Waals surface area contributed by atoms with Gasteiger partial charge in [-0.25, -0.2) is 13.4 Å². The molecular weight excluding hydrogens is 300 g/mol. The van der Waals surface area contributed by atoms with E-state index in [1.807, 2.05) is 6.92 Å². The van der Waals surface area contributed by atoms with Crippen molar-refractivity contribution in [1.82, 2.24) is 9.29 Å². The zero-order valence-electron chi connectivity index (χ0n) is 11.7. The summed E-state index contributed by atoms with van der Waals surface area (Å²) in [6.07, 6.45) is 3.14. The van der Waals surface area contributed by atoms with Crippen LogP contribution in [0.15, 0.2) is 23.4 Å². The SMILES string of the molecule is COC1(C)CCCN(S(=O)(=O)c2ccc(CCl)cn2)C1. The van der Waals surface area contributed by atoms with Gasteiger partial charge in [0.2, 0.25) is 0 Å². The van der Waals surface area contributed by atoms with E-state index in [1.165, 1.54) is 16.6 Å². The first-order valence-corrected chi connectivity index (χ1v) is 8.45. The number of ether oxygens (including phenoxy) is 1. The van der Waals surface area contributed by atoms with E-state index in [4.69, 9.17) is 16.3 Å². The van der Waals surface area contributed by atoms with Gasteiger partial charge < -0.3 is 4.74 Å². The zero-order chi connectivity index (χ0) is 14.8. The van der Waals surface area contributed by atoms with Crippen LogP contribution in [0.25, 0.3) is 0 Å². The van der Waals surface area contributed by atoms with Crippen LogP contribution >= 0.6 is 11.6 Å². The molecule has 7 heteroatoms. The number of nitrogens with zero attached hydrogens (tertiary/aromatic N) is 2. The molecular formula is C13H19ClN2O3S. The van der Waals surface area contributed by atoms with E-state index in [1.54, 1.807) is 13.2 Å². The molecule has 5 nitrogen and oxygen atoms in total. The fourth-order valence-electron chi connectivity index (χ4n) is 2.31. The van der Waals surface area contributed by atoms with Gasteiger partial charge >= 0.3 is 0 Å². The molecule has 0 N–H and O–H groups in total. The third kappa shape index (κ3) is 3.14. The third-order valence-corrected chi connectivity index (χ3v) is 5.74. The lowest BCUT2D eigenvalue weighted by Crippen LogP contribution is -2.49. The summed E-state index contributed by atoms with van der Waals surface area (Å²) in [4.78, 5) is 4.02. The van der Waals surface area contributed by atoms with Crippen LogP contribution in [0.4, 0.5) is 0 Å². The Bertz CT molecular complexity index is 561. The topological polar surface area (TPSA) is 59.5 Å². The molecule has 1 aliphatic heterocycles. The number of hydrogen-bond donors (Lipinski definition) is 0. The molecule has 1 saturated heterocycles. The second-order valence-corrected chi connectivity index (χ2v) is 7.39. The number of hydrogen-bond acceptors (Lipinski definition) is 4. The third-order valence-electron chi connectivity index (χ3n) is 3.67. The Kier molecular flexibility index (Phi) is 4.69. The van der Waals surface area contributed by atoms with E-state index in [-0.39, 0.29) is 5.03 Å². The highest BCUT2D eigenvalue weighted by molar-refractivity contribution is 7.89. The molecule has 112 valence electrons. The summed E-state index contributed by atoms with van der Waals surface area (Å²) in [6, 6.07) is 3.19. The molecule has 0 aromatic carbocycles. The van der Waals surface area contributed by atoms with Crippen molar-refractivity contribution in [3.8, 4) is 0 Å². The van der Waals surface area contributed by atoms with Gasteiger partial charge in [0.15, 0.2) is 5.03 Å². The van der Waals surface area contributed by atoms with E-state index in [0.717, 1.165) is 18.4 Å². The van der Waals surface area contributed by atoms with Crippen molar-refractivity contribution in [2.75, 3.05) is 20.2 Å². The van der Waals surface area contributed by atoms with Crippen LogP contribution in [0.3, 0.4) is 0 Å². The minimum Gasteiger partial charge on any atom is -0.377 e. The van der Waals surface area contributed by atoms with Crippen molar-refractivity contribution in [1.29, 1.82) is 0 Å². The lowest BCUT2D eigenvalue weighted by Gasteiger charge is -2.38. The number of halogens is 1. The molecule has 0 bridgehead atoms. The predicted molar refractivity (Wildman–Crippen MR) is 77.2 cm³/mol. The largest absolute Gasteiger partial charge is 0.377 e. The molecule has 1 unspecified atom stereocenters. The Morgan fingerprint density at radius 2 is 2.25 bits per heavy atom. The lowest BCUT2D eigenvalue weighted by molar-refractivity contribution is -0.0319. The first-order valence-electron chi connectivity index (χ1n) is 6.47. The number of pyridine rings is 1. The summed E-state index contributed by atoms with van der Waals surface area (Å²) in [7, 11) is -1.95. The Morgan fingerprint density at radius 3 is 2.80 bits per heavy atom. The molecule has 0 saturated carbocycles. The molecule has 0 spiro atoms. The lowest BCUT2D eigenvalue weighted by atomic mass is 9.96. The first-order chi connectivity index (χ1) is 9.41. The van der Waals surface area contributed by atoms with Crippen molar-refractivity contribution in [2.45, 2.75) is 36.3 Å². The normalized spacial score (nSPS) is 24.8. The summed E-state index contributed by atoms with van der Waals surface area (Å²) in [5, 5.41) is 0.0618. The molecule has 0 amide bonds. The standard InChI is InChI=1S/C13H19ClN2O3S/c1-13(19-2)6-3-7-16(10-13)20(17,18)12-5-4-11(8-14)9-15-12/h4-5,9H,3,6-8,10H2,1-2H3. The highest BCUT2D eigenvalue weighted by Gasteiger charge is 2.37. The fourth-order valence-corrected chi connectivity index (χ4v) is 3.97. The number of rotatable bonds is 4. The second-order valence-electron chi connectivity index (χ2n) is 5.23. The summed E-state index contributed by atoms with van der Waals surface area (Å²) in [5.74, 6) is 0.318. The van der Waals surface area contributed by atoms with Gasteiger partial charge in [-0.3, -0.25) is 0 Å². The van der Waals surface area contributed by atoms with Gasteiger partial charge in [0.05, 0.1) is 5.60 Å². The molecule has 1 aromatic heterocycles. The van der Waals surface area contributed by atoms with Crippen LogP contribution in [0.1, 0.15) is 25.3 Å². The van der Waals surface area contributed by atoms with Gasteiger partial charge in [-0.15, -0.1) is 11.6 Å². The van der Waals surface area contributed by atoms with Crippen molar-refractivity contribution >= 4 is 21.6 Å². The average molecular weight is 319 g/mol. The Morgan fingerprint density at radius 1 is 1.50 bits per heavy atom. The summed E-state index contributed by atoms with van der Waals surface area (Å²) >= 11 is 5.68. The van der Waals surface area contributed by atoms with Crippen molar-refractivity contribution < 1.29 is 13.2 Å². The number of sulfonamides is 1. The Hall–Kier alpha value is -0.690. The molecule has 1 fully saturated rings. The monoisotopic (exact) mass is 318 g/mol. The highest BCUT2D eigenvalue weighted by atomic mass is 35.5. The maximum Gasteiger partial charge on any atom is 0.260 e. The van der Waals surface area contributed by atoms with Gasteiger partial charge in [-0.1, -0.05) is 6.07 Å². The van der Waals surface area contributed by atoms with Crippen molar-refractivity contribution in [3.63, 3.8) is 0 Å². The van der Waals surface area contributed by atoms with Crippen LogP contribution < -0.4 is 0 Å². The molecule has 2 rings (SSSR count). The van der Waals surface area contributed by atoms with E-state index in [9.17, 15) is 8.42 Å². The quantitative estimate of drug-likeness (QED) is 0.797. The summed E-state index contributed by atoms with van der Waals surface area (Å²) < 4.78 is 32.0. The molecule has 0 aliphatic carbocycles. The zero-order valence-corrected chi connectivity index (χ0v) is 13.2. The smallest absolute Gasteiger partial charge is 0.260 e. The average Bonchev–Trinajstić information content (AvgIpc) is 2.47. The fraction of sp³-hybridized carbons (Fsp3) is 0.615. The van der Waals surface area contributed by atoms with E-state index in [0.29, 0.717) is 19.0 Å². The number of alkyl halides is 1. The first kappa shape index (κ1) is 15.7. The molecule has 1 aromatic rings. The van der Waals surface area contributed by atoms with Crippen LogP contribution in [0.5, 0.6) is 0 Å². The minimum absolute atomic E-state index is 0.0618. The van der Waals surface area contributed by atoms with E-state index >= 15 is 0 Å². The van der Waals surface area contributed by atoms with Crippen LogP contribution in [0.2, 0.25) is 0 Å². The van der Waals surface area contributed by atoms with Crippen LogP contribution in [-0.4, -0.2) is 43.5 Å². The molecule has 0 radical (unpaired) electrons. The van der Waals surface area contributed by atoms with Crippen molar-refractivity contribution in [2.24, 2.45) is 0 Å². The van der Waals surface area contributed by atoms with Gasteiger partial charge in [0, 0.05) is 32.3 Å². The molecule has 20 heavy (non-hydrogen) atoms. The number of aromatic nitrogens is 1. The summed E-state index contributed by atoms with van der Waals surface area (Å²) in [6.45, 7) is 2.78.